The summed E-state index contributed by atoms with van der Waals surface area (Å²) in [6.45, 7) is 1.78. The minimum absolute atomic E-state index is 0.123. The summed E-state index contributed by atoms with van der Waals surface area (Å²) in [5.74, 6) is -4.87. The molecule has 0 spiro atoms. The molecule has 12 heteroatoms. The summed E-state index contributed by atoms with van der Waals surface area (Å²) < 4.78 is 18.8. The number of rotatable bonds is 7. The third kappa shape index (κ3) is 5.91. The van der Waals surface area contributed by atoms with Crippen LogP contribution in [0.4, 0.5) is 14.9 Å². The van der Waals surface area contributed by atoms with Gasteiger partial charge in [-0.2, -0.15) is 0 Å². The number of anilines is 1. The molecule has 0 saturated carbocycles. The standard InChI is InChI=1S/C19H22ClFN4O6/c1-8-4-9(16(27)23-8)5-13(15(26)18(29)22-2)24-17(28)11-6-10(20)7-12(21)14(11)25-19(30)31-3/h6-9,13H,4-5H2,1-3H3,(H,22,29)(H,23,27)(H,24,28)(H,25,30)/t8-,9+,13?/m1/s1. The van der Waals surface area contributed by atoms with Gasteiger partial charge in [-0.05, 0) is 31.9 Å². The van der Waals surface area contributed by atoms with Gasteiger partial charge in [0, 0.05) is 24.0 Å². The summed E-state index contributed by atoms with van der Waals surface area (Å²) in [5, 5.41) is 9.15. The van der Waals surface area contributed by atoms with Gasteiger partial charge in [0.1, 0.15) is 5.82 Å². The zero-order valence-electron chi connectivity index (χ0n) is 17.0. The molecule has 1 aromatic rings. The van der Waals surface area contributed by atoms with E-state index in [0.29, 0.717) is 6.42 Å². The van der Waals surface area contributed by atoms with Crippen LogP contribution < -0.4 is 21.3 Å². The number of benzene rings is 1. The van der Waals surface area contributed by atoms with Crippen molar-refractivity contribution in [1.29, 1.82) is 0 Å². The summed E-state index contributed by atoms with van der Waals surface area (Å²) in [5.41, 5.74) is -0.915. The fraction of sp³-hybridized carbons (Fsp3) is 0.421. The predicted octanol–water partition coefficient (Wildman–Crippen LogP) is 0.986. The molecule has 0 bridgehead atoms. The van der Waals surface area contributed by atoms with Crippen molar-refractivity contribution in [2.24, 2.45) is 5.92 Å². The summed E-state index contributed by atoms with van der Waals surface area (Å²) in [4.78, 5) is 60.9. The van der Waals surface area contributed by atoms with Gasteiger partial charge in [0.05, 0.1) is 24.4 Å². The Balaban J connectivity index is 2.34. The van der Waals surface area contributed by atoms with Crippen molar-refractivity contribution in [1.82, 2.24) is 16.0 Å². The van der Waals surface area contributed by atoms with Crippen molar-refractivity contribution in [2.45, 2.75) is 31.8 Å². The van der Waals surface area contributed by atoms with Gasteiger partial charge in [-0.3, -0.25) is 24.5 Å². The number of nitrogens with one attached hydrogen (secondary N) is 4. The maximum absolute atomic E-state index is 14.3. The second-order valence-corrected chi connectivity index (χ2v) is 7.41. The largest absolute Gasteiger partial charge is 0.453 e. The number of carbonyl (C=O) groups excluding carboxylic acids is 5. The van der Waals surface area contributed by atoms with Gasteiger partial charge in [-0.25, -0.2) is 9.18 Å². The second kappa shape index (κ2) is 10.2. The average Bonchev–Trinajstić information content (AvgIpc) is 3.04. The van der Waals surface area contributed by atoms with E-state index in [1.165, 1.54) is 7.05 Å². The summed E-state index contributed by atoms with van der Waals surface area (Å²) in [6, 6.07) is 0.460. The van der Waals surface area contributed by atoms with E-state index >= 15 is 0 Å². The molecule has 10 nitrogen and oxygen atoms in total. The highest BCUT2D eigenvalue weighted by Crippen LogP contribution is 2.26. The average molecular weight is 457 g/mol. The van der Waals surface area contributed by atoms with E-state index in [1.54, 1.807) is 6.92 Å². The normalized spacial score (nSPS) is 18.5. The number of halogens is 2. The zero-order chi connectivity index (χ0) is 23.3. The molecule has 4 N–H and O–H groups in total. The van der Waals surface area contributed by atoms with Crippen LogP contribution in [-0.2, 0) is 19.1 Å². The van der Waals surface area contributed by atoms with E-state index in [0.717, 1.165) is 19.2 Å². The molecule has 0 radical (unpaired) electrons. The fourth-order valence-corrected chi connectivity index (χ4v) is 3.43. The molecule has 1 aromatic carbocycles. The van der Waals surface area contributed by atoms with Crippen LogP contribution in [0.25, 0.3) is 0 Å². The molecular weight excluding hydrogens is 435 g/mol. The predicted molar refractivity (Wildman–Crippen MR) is 108 cm³/mol. The van der Waals surface area contributed by atoms with Gasteiger partial charge in [0.2, 0.25) is 11.7 Å². The van der Waals surface area contributed by atoms with Gasteiger partial charge in [0.15, 0.2) is 0 Å². The van der Waals surface area contributed by atoms with E-state index in [2.05, 4.69) is 26.0 Å². The highest BCUT2D eigenvalue weighted by atomic mass is 35.5. The molecule has 1 saturated heterocycles. The molecule has 1 fully saturated rings. The van der Waals surface area contributed by atoms with Gasteiger partial charge in [-0.15, -0.1) is 0 Å². The third-order valence-corrected chi connectivity index (χ3v) is 4.92. The third-order valence-electron chi connectivity index (χ3n) is 4.70. The first-order valence-corrected chi connectivity index (χ1v) is 9.66. The van der Waals surface area contributed by atoms with Gasteiger partial charge in [-0.1, -0.05) is 11.6 Å². The number of likely N-dealkylation sites (N-methyl/N-ethyl adjacent to an activating group) is 1. The van der Waals surface area contributed by atoms with Crippen molar-refractivity contribution < 1.29 is 33.1 Å². The molecule has 2 rings (SSSR count). The van der Waals surface area contributed by atoms with Crippen molar-refractivity contribution in [3.05, 3.63) is 28.5 Å². The smallest absolute Gasteiger partial charge is 0.411 e. The molecule has 168 valence electrons. The van der Waals surface area contributed by atoms with Gasteiger partial charge < -0.3 is 20.7 Å². The van der Waals surface area contributed by atoms with Crippen LogP contribution in [0.1, 0.15) is 30.1 Å². The highest BCUT2D eigenvalue weighted by molar-refractivity contribution is 6.38. The lowest BCUT2D eigenvalue weighted by molar-refractivity contribution is -0.139. The monoisotopic (exact) mass is 456 g/mol. The number of amides is 4. The lowest BCUT2D eigenvalue weighted by Crippen LogP contribution is -2.48. The minimum Gasteiger partial charge on any atom is -0.453 e. The summed E-state index contributed by atoms with van der Waals surface area (Å²) >= 11 is 5.83. The van der Waals surface area contributed by atoms with Crippen LogP contribution in [0.3, 0.4) is 0 Å². The lowest BCUT2D eigenvalue weighted by Gasteiger charge is -2.20. The molecule has 4 amide bonds. The van der Waals surface area contributed by atoms with Gasteiger partial charge in [0.25, 0.3) is 11.8 Å². The Morgan fingerprint density at radius 2 is 2.00 bits per heavy atom. The Labute approximate surface area is 182 Å². The van der Waals surface area contributed by atoms with Crippen molar-refractivity contribution in [2.75, 3.05) is 19.5 Å². The molecule has 31 heavy (non-hydrogen) atoms. The minimum atomic E-state index is -1.37. The van der Waals surface area contributed by atoms with Crippen LogP contribution in [0.5, 0.6) is 0 Å². The maximum atomic E-state index is 14.3. The van der Waals surface area contributed by atoms with Crippen LogP contribution in [0.2, 0.25) is 5.02 Å². The van der Waals surface area contributed by atoms with Crippen molar-refractivity contribution in [3.8, 4) is 0 Å². The zero-order valence-corrected chi connectivity index (χ0v) is 17.8. The number of hydrogen-bond acceptors (Lipinski definition) is 6. The Kier molecular flexibility index (Phi) is 7.92. The summed E-state index contributed by atoms with van der Waals surface area (Å²) in [6.07, 6.45) is -0.769. The molecule has 0 aliphatic carbocycles. The first-order valence-electron chi connectivity index (χ1n) is 9.28. The van der Waals surface area contributed by atoms with Crippen LogP contribution in [-0.4, -0.2) is 55.8 Å². The molecular formula is C19H22ClFN4O6. The number of carbonyl (C=O) groups is 5. The molecule has 1 unspecified atom stereocenters. The number of ether oxygens (including phenoxy) is 1. The second-order valence-electron chi connectivity index (χ2n) is 6.97. The Bertz CT molecular complexity index is 925. The molecule has 0 aromatic heterocycles. The fourth-order valence-electron chi connectivity index (χ4n) is 3.22. The van der Waals surface area contributed by atoms with E-state index in [9.17, 15) is 28.4 Å². The lowest BCUT2D eigenvalue weighted by atomic mass is 9.93. The van der Waals surface area contributed by atoms with Crippen LogP contribution in [0, 0.1) is 11.7 Å². The Morgan fingerprint density at radius 3 is 2.55 bits per heavy atom. The molecule has 1 aliphatic rings. The van der Waals surface area contributed by atoms with Crippen LogP contribution >= 0.6 is 11.6 Å². The van der Waals surface area contributed by atoms with E-state index < -0.39 is 52.7 Å². The SMILES string of the molecule is CNC(=O)C(=O)C(C[C@@H]1C[C@@H](C)NC1=O)NC(=O)c1cc(Cl)cc(F)c1NC(=O)OC. The van der Waals surface area contributed by atoms with Gasteiger partial charge >= 0.3 is 6.09 Å². The van der Waals surface area contributed by atoms with E-state index in [4.69, 9.17) is 11.6 Å². The number of ketones is 1. The Hall–Kier alpha value is -3.21. The van der Waals surface area contributed by atoms with E-state index in [-0.39, 0.29) is 23.4 Å². The molecule has 3 atom stereocenters. The van der Waals surface area contributed by atoms with Crippen molar-refractivity contribution in [3.63, 3.8) is 0 Å². The quantitative estimate of drug-likeness (QED) is 0.450. The number of Topliss-reactive ketones (excluding diaryl/α,β-unsaturated/α-hetero) is 1. The topological polar surface area (TPSA) is 143 Å². The first-order chi connectivity index (χ1) is 14.6. The Morgan fingerprint density at radius 1 is 1.32 bits per heavy atom. The highest BCUT2D eigenvalue weighted by Gasteiger charge is 2.36. The number of hydrogen-bond donors (Lipinski definition) is 4. The molecule has 1 aliphatic heterocycles. The van der Waals surface area contributed by atoms with E-state index in [1.807, 2.05) is 0 Å². The number of methoxy groups -OCH3 is 1. The first kappa shape index (κ1) is 24.1. The van der Waals surface area contributed by atoms with Crippen LogP contribution in [0.15, 0.2) is 12.1 Å². The summed E-state index contributed by atoms with van der Waals surface area (Å²) in [7, 11) is 2.29. The maximum Gasteiger partial charge on any atom is 0.411 e. The van der Waals surface area contributed by atoms with Crippen molar-refractivity contribution >= 4 is 46.9 Å². The molecule has 1 heterocycles.